The van der Waals surface area contributed by atoms with Crippen LogP contribution in [0.3, 0.4) is 0 Å². The summed E-state index contributed by atoms with van der Waals surface area (Å²) in [5, 5.41) is 0. The van der Waals surface area contributed by atoms with Gasteiger partial charge in [-0.2, -0.15) is 0 Å². The molecule has 0 amide bonds. The van der Waals surface area contributed by atoms with E-state index in [1.165, 1.54) is 4.81 Å². The molecular weight excluding hydrogens is 161 g/mol. The molecule has 0 fully saturated rings. The minimum absolute atomic E-state index is 0.727. The van der Waals surface area contributed by atoms with Crippen molar-refractivity contribution in [1.82, 2.24) is 9.79 Å². The molecule has 0 N–H and O–H groups in total. The number of hydrogen-bond donors (Lipinski definition) is 0. The molecule has 0 unspecified atom stereocenters. The molecule has 0 bridgehead atoms. The number of aromatic nitrogens is 1. The summed E-state index contributed by atoms with van der Waals surface area (Å²) < 4.78 is 0. The highest BCUT2D eigenvalue weighted by molar-refractivity contribution is 6.22. The zero-order valence-corrected chi connectivity index (χ0v) is 7.36. The van der Waals surface area contributed by atoms with Crippen LogP contribution in [0.1, 0.15) is 12.5 Å². The fourth-order valence-corrected chi connectivity index (χ4v) is 1.27. The van der Waals surface area contributed by atoms with Crippen LogP contribution in [-0.2, 0) is 0 Å². The molecule has 0 aromatic carbocycles. The maximum absolute atomic E-state index is 5.72. The zero-order valence-electron chi connectivity index (χ0n) is 7.36. The molecule has 0 spiro atoms. The second kappa shape index (κ2) is 2.73. The fourth-order valence-electron chi connectivity index (χ4n) is 1.27. The SMILES string of the molecule is [B]N1C(=C)c2ccncc2N=C1C. The van der Waals surface area contributed by atoms with Crippen LogP contribution < -0.4 is 0 Å². The second-order valence-corrected chi connectivity index (χ2v) is 2.87. The molecule has 2 rings (SSSR count). The van der Waals surface area contributed by atoms with E-state index >= 15 is 0 Å². The summed E-state index contributed by atoms with van der Waals surface area (Å²) in [5.74, 6) is 0.727. The van der Waals surface area contributed by atoms with E-state index in [-0.39, 0.29) is 0 Å². The Bertz CT molecular complexity index is 398. The monoisotopic (exact) mass is 169 g/mol. The molecule has 0 atom stereocenters. The highest BCUT2D eigenvalue weighted by atomic mass is 15.1. The fraction of sp³-hybridized carbons (Fsp3) is 0.111. The lowest BCUT2D eigenvalue weighted by atomic mass is 10.1. The van der Waals surface area contributed by atoms with Gasteiger partial charge in [-0.25, -0.2) is 4.99 Å². The van der Waals surface area contributed by atoms with Crippen LogP contribution >= 0.6 is 0 Å². The Hall–Kier alpha value is -1.58. The third-order valence-electron chi connectivity index (χ3n) is 2.03. The van der Waals surface area contributed by atoms with Crippen molar-refractivity contribution in [3.8, 4) is 0 Å². The van der Waals surface area contributed by atoms with E-state index in [1.54, 1.807) is 12.4 Å². The lowest BCUT2D eigenvalue weighted by Gasteiger charge is -2.27. The van der Waals surface area contributed by atoms with E-state index in [4.69, 9.17) is 7.98 Å². The van der Waals surface area contributed by atoms with Gasteiger partial charge in [-0.3, -0.25) is 4.98 Å². The van der Waals surface area contributed by atoms with Crippen LogP contribution in [0.2, 0.25) is 0 Å². The highest BCUT2D eigenvalue weighted by Gasteiger charge is 2.16. The number of pyridine rings is 1. The van der Waals surface area contributed by atoms with Gasteiger partial charge >= 0.3 is 0 Å². The van der Waals surface area contributed by atoms with Gasteiger partial charge in [-0.1, -0.05) is 6.58 Å². The van der Waals surface area contributed by atoms with E-state index < -0.39 is 0 Å². The van der Waals surface area contributed by atoms with Crippen LogP contribution in [-0.4, -0.2) is 23.6 Å². The molecule has 1 aromatic heterocycles. The van der Waals surface area contributed by atoms with Gasteiger partial charge in [0.1, 0.15) is 0 Å². The van der Waals surface area contributed by atoms with Gasteiger partial charge in [0.25, 0.3) is 0 Å². The van der Waals surface area contributed by atoms with Gasteiger partial charge in [0.15, 0.2) is 0 Å². The van der Waals surface area contributed by atoms with Crippen molar-refractivity contribution >= 4 is 25.2 Å². The molecule has 0 saturated heterocycles. The Morgan fingerprint density at radius 2 is 2.31 bits per heavy atom. The first kappa shape index (κ1) is 8.04. The summed E-state index contributed by atoms with van der Waals surface area (Å²) in [6.45, 7) is 5.71. The molecule has 1 aliphatic rings. The Balaban J connectivity index is 2.63. The van der Waals surface area contributed by atoms with Crippen LogP contribution in [0.5, 0.6) is 0 Å². The van der Waals surface area contributed by atoms with Crippen molar-refractivity contribution in [2.45, 2.75) is 6.92 Å². The average Bonchev–Trinajstić information content (AvgIpc) is 2.15. The van der Waals surface area contributed by atoms with Gasteiger partial charge in [0.05, 0.1) is 17.7 Å². The van der Waals surface area contributed by atoms with Gasteiger partial charge in [0.2, 0.25) is 7.98 Å². The van der Waals surface area contributed by atoms with E-state index in [0.29, 0.717) is 0 Å². The first-order valence-electron chi connectivity index (χ1n) is 3.93. The van der Waals surface area contributed by atoms with E-state index in [9.17, 15) is 0 Å². The van der Waals surface area contributed by atoms with Gasteiger partial charge in [0, 0.05) is 17.5 Å². The van der Waals surface area contributed by atoms with Gasteiger partial charge < -0.3 is 4.81 Å². The van der Waals surface area contributed by atoms with Crippen molar-refractivity contribution in [2.75, 3.05) is 0 Å². The van der Waals surface area contributed by atoms with Crippen LogP contribution in [0.15, 0.2) is 30.0 Å². The summed E-state index contributed by atoms with van der Waals surface area (Å²) in [7, 11) is 5.72. The molecule has 2 heterocycles. The molecule has 62 valence electrons. The minimum atomic E-state index is 0.727. The van der Waals surface area contributed by atoms with Crippen molar-refractivity contribution in [2.24, 2.45) is 4.99 Å². The summed E-state index contributed by atoms with van der Waals surface area (Å²) in [5.41, 5.74) is 2.51. The van der Waals surface area contributed by atoms with E-state index in [0.717, 1.165) is 22.8 Å². The molecule has 13 heavy (non-hydrogen) atoms. The summed E-state index contributed by atoms with van der Waals surface area (Å²) in [4.78, 5) is 9.73. The molecule has 1 aromatic rings. The number of amidine groups is 1. The lowest BCUT2D eigenvalue weighted by molar-refractivity contribution is 0.907. The topological polar surface area (TPSA) is 28.5 Å². The average molecular weight is 169 g/mol. The normalized spacial score (nSPS) is 15.3. The second-order valence-electron chi connectivity index (χ2n) is 2.87. The zero-order chi connectivity index (χ0) is 9.42. The number of aliphatic imine (C=N–C) groups is 1. The Morgan fingerprint density at radius 3 is 3.08 bits per heavy atom. The smallest absolute Gasteiger partial charge is 0.236 e. The van der Waals surface area contributed by atoms with Gasteiger partial charge in [-0.05, 0) is 13.0 Å². The van der Waals surface area contributed by atoms with Crippen LogP contribution in [0.4, 0.5) is 5.69 Å². The molecule has 2 radical (unpaired) electrons. The van der Waals surface area contributed by atoms with Crippen LogP contribution in [0.25, 0.3) is 5.70 Å². The highest BCUT2D eigenvalue weighted by Crippen LogP contribution is 2.30. The first-order chi connectivity index (χ1) is 6.20. The maximum atomic E-state index is 5.72. The van der Waals surface area contributed by atoms with E-state index in [2.05, 4.69) is 16.6 Å². The summed E-state index contributed by atoms with van der Waals surface area (Å²) in [6.07, 6.45) is 3.41. The Labute approximate surface area is 78.2 Å². The summed E-state index contributed by atoms with van der Waals surface area (Å²) >= 11 is 0. The molecular formula is C9H8BN3. The quantitative estimate of drug-likeness (QED) is 0.550. The molecule has 0 saturated carbocycles. The Morgan fingerprint density at radius 1 is 1.54 bits per heavy atom. The van der Waals surface area contributed by atoms with Crippen molar-refractivity contribution in [3.63, 3.8) is 0 Å². The number of rotatable bonds is 0. The Kier molecular flexibility index (Phi) is 1.69. The number of nitrogens with zero attached hydrogens (tertiary/aromatic N) is 3. The molecule has 4 heteroatoms. The largest absolute Gasteiger partial charge is 0.387 e. The van der Waals surface area contributed by atoms with Gasteiger partial charge in [-0.15, -0.1) is 0 Å². The van der Waals surface area contributed by atoms with Crippen molar-refractivity contribution in [1.29, 1.82) is 0 Å². The maximum Gasteiger partial charge on any atom is 0.236 e. The molecule has 3 nitrogen and oxygen atoms in total. The number of fused-ring (bicyclic) bond motifs is 1. The van der Waals surface area contributed by atoms with Crippen LogP contribution in [0, 0.1) is 0 Å². The van der Waals surface area contributed by atoms with Crippen molar-refractivity contribution in [3.05, 3.63) is 30.6 Å². The lowest BCUT2D eigenvalue weighted by Crippen LogP contribution is -2.26. The standard InChI is InChI=1S/C9H8BN3/c1-6-8-3-4-11-5-9(8)12-7(2)13(6)10/h3-5H,1H2,2H3. The van der Waals surface area contributed by atoms with Crippen molar-refractivity contribution < 1.29 is 0 Å². The minimum Gasteiger partial charge on any atom is -0.387 e. The molecule has 0 aliphatic carbocycles. The third kappa shape index (κ3) is 1.14. The third-order valence-corrected chi connectivity index (χ3v) is 2.03. The predicted octanol–water partition coefficient (Wildman–Crippen LogP) is 1.50. The van der Waals surface area contributed by atoms with E-state index in [1.807, 2.05) is 13.0 Å². The summed E-state index contributed by atoms with van der Waals surface area (Å²) in [6, 6.07) is 1.85. The number of hydrogen-bond acceptors (Lipinski definition) is 3. The first-order valence-corrected chi connectivity index (χ1v) is 3.93. The predicted molar refractivity (Wildman–Crippen MR) is 53.6 cm³/mol. The molecule has 1 aliphatic heterocycles.